The number of hydrogen-bond donors (Lipinski definition) is 2. The Hall–Kier alpha value is -2.04. The monoisotopic (exact) mass is 278 g/mol. The first-order valence-electron chi connectivity index (χ1n) is 6.89. The molecule has 0 unspecified atom stereocenters. The van der Waals surface area contributed by atoms with Crippen molar-refractivity contribution in [2.24, 2.45) is 0 Å². The first-order chi connectivity index (χ1) is 9.72. The lowest BCUT2D eigenvalue weighted by Gasteiger charge is -2.05. The molecule has 5 heteroatoms. The average Bonchev–Trinajstić information content (AvgIpc) is 2.49. The number of aryl methyl sites for hydroxylation is 1. The van der Waals surface area contributed by atoms with Crippen molar-refractivity contribution in [3.05, 3.63) is 35.9 Å². The van der Waals surface area contributed by atoms with Crippen LogP contribution in [0.4, 0.5) is 4.79 Å². The maximum atomic E-state index is 11.3. The van der Waals surface area contributed by atoms with Gasteiger partial charge in [0, 0.05) is 6.42 Å². The van der Waals surface area contributed by atoms with Gasteiger partial charge in [-0.1, -0.05) is 43.2 Å². The Bertz CT molecular complexity index is 407. The van der Waals surface area contributed by atoms with Gasteiger partial charge in [-0.25, -0.2) is 10.2 Å². The number of carbonyl (C=O) groups is 2. The number of ether oxygens (including phenoxy) is 1. The molecular weight excluding hydrogens is 256 g/mol. The second kappa shape index (κ2) is 9.83. The molecule has 1 rings (SSSR count). The van der Waals surface area contributed by atoms with Crippen LogP contribution in [-0.4, -0.2) is 19.1 Å². The third-order valence-electron chi connectivity index (χ3n) is 2.95. The van der Waals surface area contributed by atoms with Gasteiger partial charge in [-0.3, -0.25) is 10.2 Å². The highest BCUT2D eigenvalue weighted by atomic mass is 16.5. The van der Waals surface area contributed by atoms with E-state index in [4.69, 9.17) is 0 Å². The molecule has 0 bridgehead atoms. The molecule has 0 aliphatic rings. The fourth-order valence-corrected chi connectivity index (χ4v) is 1.85. The largest absolute Gasteiger partial charge is 0.452 e. The Morgan fingerprint density at radius 3 is 2.40 bits per heavy atom. The van der Waals surface area contributed by atoms with Crippen LogP contribution >= 0.6 is 0 Å². The molecule has 2 N–H and O–H groups in total. The number of hydrazine groups is 1. The Labute approximate surface area is 119 Å². The zero-order valence-electron chi connectivity index (χ0n) is 11.9. The fraction of sp³-hybridized carbons (Fsp3) is 0.467. The van der Waals surface area contributed by atoms with E-state index in [0.717, 1.165) is 32.1 Å². The van der Waals surface area contributed by atoms with Crippen molar-refractivity contribution in [2.75, 3.05) is 7.11 Å². The quantitative estimate of drug-likeness (QED) is 0.595. The van der Waals surface area contributed by atoms with E-state index in [9.17, 15) is 9.59 Å². The van der Waals surface area contributed by atoms with Crippen LogP contribution in [0.2, 0.25) is 0 Å². The van der Waals surface area contributed by atoms with Crippen LogP contribution in [-0.2, 0) is 16.0 Å². The highest BCUT2D eigenvalue weighted by Gasteiger charge is 2.03. The van der Waals surface area contributed by atoms with Gasteiger partial charge in [-0.2, -0.15) is 0 Å². The van der Waals surface area contributed by atoms with Crippen LogP contribution in [0.5, 0.6) is 0 Å². The molecule has 110 valence electrons. The molecule has 5 nitrogen and oxygen atoms in total. The maximum Gasteiger partial charge on any atom is 0.425 e. The van der Waals surface area contributed by atoms with Crippen LogP contribution < -0.4 is 10.9 Å². The van der Waals surface area contributed by atoms with Crippen molar-refractivity contribution in [3.63, 3.8) is 0 Å². The standard InChI is InChI=1S/C15H22N2O3/c1-20-15(19)17-16-14(18)12-8-3-2-5-9-13-10-6-4-7-11-13/h4,6-7,10-11H,2-3,5,8-9,12H2,1H3,(H,16,18)(H,17,19). The highest BCUT2D eigenvalue weighted by molar-refractivity contribution is 5.78. The lowest BCUT2D eigenvalue weighted by Crippen LogP contribution is -2.41. The van der Waals surface area contributed by atoms with Gasteiger partial charge in [-0.05, 0) is 24.8 Å². The maximum absolute atomic E-state index is 11.3. The van der Waals surface area contributed by atoms with E-state index in [0.29, 0.717) is 6.42 Å². The fourth-order valence-electron chi connectivity index (χ4n) is 1.85. The number of hydrogen-bond acceptors (Lipinski definition) is 3. The number of methoxy groups -OCH3 is 1. The molecule has 0 saturated heterocycles. The molecule has 0 saturated carbocycles. The van der Waals surface area contributed by atoms with Gasteiger partial charge in [0.05, 0.1) is 7.11 Å². The minimum atomic E-state index is -0.666. The van der Waals surface area contributed by atoms with Gasteiger partial charge in [0.15, 0.2) is 0 Å². The molecule has 0 spiro atoms. The van der Waals surface area contributed by atoms with Gasteiger partial charge in [-0.15, -0.1) is 0 Å². The van der Waals surface area contributed by atoms with Crippen molar-refractivity contribution in [1.29, 1.82) is 0 Å². The number of unbranched alkanes of at least 4 members (excludes halogenated alkanes) is 3. The summed E-state index contributed by atoms with van der Waals surface area (Å²) < 4.78 is 4.34. The van der Waals surface area contributed by atoms with E-state index in [1.807, 2.05) is 18.2 Å². The SMILES string of the molecule is COC(=O)NNC(=O)CCCCCCc1ccccc1. The second-order valence-electron chi connectivity index (χ2n) is 4.56. The van der Waals surface area contributed by atoms with Crippen molar-refractivity contribution >= 4 is 12.0 Å². The van der Waals surface area contributed by atoms with Gasteiger partial charge in [0.1, 0.15) is 0 Å². The summed E-state index contributed by atoms with van der Waals surface area (Å²) in [6.07, 6.45) is 4.90. The third kappa shape index (κ3) is 7.41. The van der Waals surface area contributed by atoms with Crippen molar-refractivity contribution in [2.45, 2.75) is 38.5 Å². The molecule has 1 aromatic carbocycles. The van der Waals surface area contributed by atoms with E-state index >= 15 is 0 Å². The van der Waals surface area contributed by atoms with Crippen LogP contribution in [0.1, 0.15) is 37.7 Å². The van der Waals surface area contributed by atoms with Crippen LogP contribution in [0, 0.1) is 0 Å². The number of rotatable bonds is 7. The Balaban J connectivity index is 1.96. The number of carbonyl (C=O) groups excluding carboxylic acids is 2. The normalized spacial score (nSPS) is 9.85. The summed E-state index contributed by atoms with van der Waals surface area (Å²) in [6.45, 7) is 0. The van der Waals surface area contributed by atoms with Crippen molar-refractivity contribution in [1.82, 2.24) is 10.9 Å². The molecule has 0 aliphatic carbocycles. The van der Waals surface area contributed by atoms with Crippen LogP contribution in [0.3, 0.4) is 0 Å². The Morgan fingerprint density at radius 2 is 1.70 bits per heavy atom. The molecule has 0 atom stereocenters. The van der Waals surface area contributed by atoms with Crippen molar-refractivity contribution < 1.29 is 14.3 Å². The molecule has 0 fully saturated rings. The molecule has 1 aromatic rings. The summed E-state index contributed by atoms with van der Waals surface area (Å²) >= 11 is 0. The first kappa shape index (κ1) is 16.0. The van der Waals surface area contributed by atoms with E-state index in [1.54, 1.807) is 0 Å². The van der Waals surface area contributed by atoms with Gasteiger partial charge >= 0.3 is 6.09 Å². The van der Waals surface area contributed by atoms with Crippen LogP contribution in [0.15, 0.2) is 30.3 Å². The summed E-state index contributed by atoms with van der Waals surface area (Å²) in [6, 6.07) is 10.4. The zero-order valence-corrected chi connectivity index (χ0v) is 11.9. The van der Waals surface area contributed by atoms with E-state index in [2.05, 4.69) is 27.7 Å². The summed E-state index contributed by atoms with van der Waals surface area (Å²) in [5.74, 6) is -0.196. The number of nitrogens with one attached hydrogen (secondary N) is 2. The summed E-state index contributed by atoms with van der Waals surface area (Å²) in [5.41, 5.74) is 5.79. The van der Waals surface area contributed by atoms with E-state index < -0.39 is 6.09 Å². The lowest BCUT2D eigenvalue weighted by molar-refractivity contribution is -0.122. The van der Waals surface area contributed by atoms with Crippen molar-refractivity contribution in [3.8, 4) is 0 Å². The Morgan fingerprint density at radius 1 is 1.00 bits per heavy atom. The first-order valence-corrected chi connectivity index (χ1v) is 6.89. The average molecular weight is 278 g/mol. The predicted octanol–water partition coefficient (Wildman–Crippen LogP) is 2.57. The highest BCUT2D eigenvalue weighted by Crippen LogP contribution is 2.08. The molecule has 0 aliphatic heterocycles. The lowest BCUT2D eigenvalue weighted by atomic mass is 10.1. The molecule has 0 heterocycles. The Kier molecular flexibility index (Phi) is 7.87. The molecule has 0 aromatic heterocycles. The summed E-state index contributed by atoms with van der Waals surface area (Å²) in [4.78, 5) is 22.1. The minimum absolute atomic E-state index is 0.196. The zero-order chi connectivity index (χ0) is 14.6. The topological polar surface area (TPSA) is 67.4 Å². The third-order valence-corrected chi connectivity index (χ3v) is 2.95. The number of amides is 2. The van der Waals surface area contributed by atoms with Crippen LogP contribution in [0.25, 0.3) is 0 Å². The van der Waals surface area contributed by atoms with E-state index in [-0.39, 0.29) is 5.91 Å². The summed E-state index contributed by atoms with van der Waals surface area (Å²) in [7, 11) is 1.24. The predicted molar refractivity (Wildman–Crippen MR) is 76.9 cm³/mol. The number of benzene rings is 1. The minimum Gasteiger partial charge on any atom is -0.452 e. The van der Waals surface area contributed by atoms with Gasteiger partial charge in [0.25, 0.3) is 0 Å². The molecular formula is C15H22N2O3. The van der Waals surface area contributed by atoms with Gasteiger partial charge in [0.2, 0.25) is 5.91 Å². The smallest absolute Gasteiger partial charge is 0.425 e. The second-order valence-corrected chi connectivity index (χ2v) is 4.56. The van der Waals surface area contributed by atoms with Gasteiger partial charge < -0.3 is 4.74 Å². The summed E-state index contributed by atoms with van der Waals surface area (Å²) in [5, 5.41) is 0. The molecule has 0 radical (unpaired) electrons. The molecule has 2 amide bonds. The molecule has 20 heavy (non-hydrogen) atoms. The van der Waals surface area contributed by atoms with E-state index in [1.165, 1.54) is 12.7 Å².